The monoisotopic (exact) mass is 401 g/mol. The number of carbonyl (C=O) groups is 3. The first kappa shape index (κ1) is 19.2. The number of aromatic nitrogens is 2. The maximum Gasteiger partial charge on any atom is 0.346 e. The van der Waals surface area contributed by atoms with Gasteiger partial charge in [-0.15, -0.1) is 11.3 Å². The number of methoxy groups -OCH3 is 1. The number of hydrogen-bond donors (Lipinski definition) is 2. The lowest BCUT2D eigenvalue weighted by Gasteiger charge is -2.08. The molecule has 0 aliphatic rings. The van der Waals surface area contributed by atoms with Crippen LogP contribution in [-0.2, 0) is 16.1 Å². The Bertz CT molecular complexity index is 1150. The Morgan fingerprint density at radius 3 is 2.54 bits per heavy atom. The number of amides is 1. The molecule has 0 bridgehead atoms. The highest BCUT2D eigenvalue weighted by atomic mass is 32.1. The summed E-state index contributed by atoms with van der Waals surface area (Å²) in [6.45, 7) is 1.25. The van der Waals surface area contributed by atoms with Crippen LogP contribution in [0.25, 0.3) is 10.2 Å². The van der Waals surface area contributed by atoms with E-state index in [9.17, 15) is 24.3 Å². The van der Waals surface area contributed by atoms with Gasteiger partial charge >= 0.3 is 11.9 Å². The molecule has 0 aliphatic carbocycles. The van der Waals surface area contributed by atoms with Crippen molar-refractivity contribution in [1.82, 2.24) is 9.55 Å². The number of aromatic carboxylic acids is 1. The number of rotatable bonds is 5. The molecule has 1 amide bonds. The number of nitrogens with one attached hydrogen (secondary N) is 1. The molecule has 2 N–H and O–H groups in total. The van der Waals surface area contributed by atoms with E-state index in [1.54, 1.807) is 6.92 Å². The van der Waals surface area contributed by atoms with Crippen LogP contribution in [0, 0.1) is 6.92 Å². The number of aryl methyl sites for hydroxylation is 1. The summed E-state index contributed by atoms with van der Waals surface area (Å²) in [5, 5.41) is 12.0. The molecule has 0 fully saturated rings. The predicted molar refractivity (Wildman–Crippen MR) is 102 cm³/mol. The minimum absolute atomic E-state index is 0.0486. The summed E-state index contributed by atoms with van der Waals surface area (Å²) in [5.74, 6) is -2.09. The average molecular weight is 401 g/mol. The van der Waals surface area contributed by atoms with Gasteiger partial charge in [-0.1, -0.05) is 0 Å². The quantitative estimate of drug-likeness (QED) is 0.625. The summed E-state index contributed by atoms with van der Waals surface area (Å²) in [7, 11) is 1.27. The highest BCUT2D eigenvalue weighted by Gasteiger charge is 2.19. The van der Waals surface area contributed by atoms with Crippen molar-refractivity contribution in [1.29, 1.82) is 0 Å². The number of carbonyl (C=O) groups excluding carboxylic acids is 2. The molecular formula is C18H15N3O6S. The normalized spacial score (nSPS) is 10.6. The van der Waals surface area contributed by atoms with Crippen LogP contribution in [0.4, 0.5) is 5.69 Å². The van der Waals surface area contributed by atoms with Gasteiger partial charge < -0.3 is 15.2 Å². The van der Waals surface area contributed by atoms with Gasteiger partial charge in [0.2, 0.25) is 5.91 Å². The molecule has 0 saturated carbocycles. The molecule has 144 valence electrons. The second-order valence-electron chi connectivity index (χ2n) is 5.84. The highest BCUT2D eigenvalue weighted by Crippen LogP contribution is 2.26. The number of ether oxygens (including phenoxy) is 1. The third-order valence-corrected chi connectivity index (χ3v) is 5.20. The Morgan fingerprint density at radius 2 is 1.93 bits per heavy atom. The number of carboxylic acid groups (broad SMARTS) is 1. The molecule has 2 heterocycles. The molecule has 3 aromatic rings. The summed E-state index contributed by atoms with van der Waals surface area (Å²) < 4.78 is 5.72. The molecule has 0 unspecified atom stereocenters. The van der Waals surface area contributed by atoms with E-state index in [1.165, 1.54) is 37.7 Å². The van der Waals surface area contributed by atoms with Crippen LogP contribution in [0.5, 0.6) is 0 Å². The lowest BCUT2D eigenvalue weighted by atomic mass is 10.2. The number of thiophene rings is 1. The molecule has 28 heavy (non-hydrogen) atoms. The van der Waals surface area contributed by atoms with Gasteiger partial charge in [0.25, 0.3) is 5.56 Å². The topological polar surface area (TPSA) is 128 Å². The zero-order chi connectivity index (χ0) is 20.4. The van der Waals surface area contributed by atoms with E-state index in [-0.39, 0.29) is 16.8 Å². The number of esters is 1. The first-order chi connectivity index (χ1) is 13.3. The fourth-order valence-corrected chi connectivity index (χ4v) is 3.62. The molecule has 0 spiro atoms. The molecule has 2 aromatic heterocycles. The van der Waals surface area contributed by atoms with Gasteiger partial charge in [0.1, 0.15) is 16.3 Å². The molecule has 9 nitrogen and oxygen atoms in total. The zero-order valence-electron chi connectivity index (χ0n) is 14.9. The maximum absolute atomic E-state index is 12.6. The van der Waals surface area contributed by atoms with Crippen LogP contribution in [0.3, 0.4) is 0 Å². The molecule has 10 heteroatoms. The van der Waals surface area contributed by atoms with E-state index in [2.05, 4.69) is 15.0 Å². The van der Waals surface area contributed by atoms with Gasteiger partial charge in [-0.05, 0) is 36.8 Å². The number of benzene rings is 1. The molecule has 0 aliphatic heterocycles. The standard InChI is InChI=1S/C18H15N3O6S/c1-9-13-15(28-14(9)17(24)25)19-8-21(16(13)23)7-12(22)20-11-5-3-10(4-6-11)18(26)27-2/h3-6,8H,7H2,1-2H3,(H,20,22)(H,24,25). The summed E-state index contributed by atoms with van der Waals surface area (Å²) >= 11 is 0.920. The molecule has 0 atom stereocenters. The van der Waals surface area contributed by atoms with Crippen LogP contribution in [-0.4, -0.2) is 39.6 Å². The second kappa shape index (κ2) is 7.61. The third kappa shape index (κ3) is 3.62. The minimum atomic E-state index is -1.13. The Kier molecular flexibility index (Phi) is 5.23. The summed E-state index contributed by atoms with van der Waals surface area (Å²) in [4.78, 5) is 52.0. The van der Waals surface area contributed by atoms with Gasteiger partial charge in [0.05, 0.1) is 24.4 Å². The van der Waals surface area contributed by atoms with Crippen LogP contribution in [0.15, 0.2) is 35.4 Å². The van der Waals surface area contributed by atoms with Crippen molar-refractivity contribution in [2.45, 2.75) is 13.5 Å². The second-order valence-corrected chi connectivity index (χ2v) is 6.84. The number of carboxylic acids is 1. The molecule has 0 saturated heterocycles. The van der Waals surface area contributed by atoms with Crippen molar-refractivity contribution in [3.05, 3.63) is 57.0 Å². The maximum atomic E-state index is 12.6. The molecular weight excluding hydrogens is 386 g/mol. The third-order valence-electron chi connectivity index (χ3n) is 4.02. The summed E-state index contributed by atoms with van der Waals surface area (Å²) in [5.41, 5.74) is 0.633. The van der Waals surface area contributed by atoms with E-state index >= 15 is 0 Å². The van der Waals surface area contributed by atoms with Crippen molar-refractivity contribution < 1.29 is 24.2 Å². The fraction of sp³-hybridized carbons (Fsp3) is 0.167. The fourth-order valence-electron chi connectivity index (χ4n) is 2.64. The van der Waals surface area contributed by atoms with E-state index in [4.69, 9.17) is 0 Å². The van der Waals surface area contributed by atoms with Gasteiger partial charge in [0.15, 0.2) is 0 Å². The molecule has 0 radical (unpaired) electrons. The van der Waals surface area contributed by atoms with Gasteiger partial charge in [-0.3, -0.25) is 14.2 Å². The minimum Gasteiger partial charge on any atom is -0.477 e. The Balaban J connectivity index is 1.80. The van der Waals surface area contributed by atoms with Crippen molar-refractivity contribution in [2.75, 3.05) is 12.4 Å². The number of fused-ring (bicyclic) bond motifs is 1. The number of nitrogens with zero attached hydrogens (tertiary/aromatic N) is 2. The van der Waals surface area contributed by atoms with Crippen molar-refractivity contribution in [3.63, 3.8) is 0 Å². The SMILES string of the molecule is COC(=O)c1ccc(NC(=O)Cn2cnc3sc(C(=O)O)c(C)c3c2=O)cc1. The van der Waals surface area contributed by atoms with Crippen LogP contribution < -0.4 is 10.9 Å². The van der Waals surface area contributed by atoms with Gasteiger partial charge in [0, 0.05) is 5.69 Å². The summed E-state index contributed by atoms with van der Waals surface area (Å²) in [6.07, 6.45) is 1.21. The van der Waals surface area contributed by atoms with Gasteiger partial charge in [-0.25, -0.2) is 14.6 Å². The lowest BCUT2D eigenvalue weighted by Crippen LogP contribution is -2.27. The summed E-state index contributed by atoms with van der Waals surface area (Å²) in [6, 6.07) is 6.08. The predicted octanol–water partition coefficient (Wildman–Crippen LogP) is 1.89. The van der Waals surface area contributed by atoms with Gasteiger partial charge in [-0.2, -0.15) is 0 Å². The first-order valence-corrected chi connectivity index (χ1v) is 8.83. The van der Waals surface area contributed by atoms with Crippen molar-refractivity contribution >= 4 is 45.1 Å². The number of hydrogen-bond acceptors (Lipinski definition) is 7. The lowest BCUT2D eigenvalue weighted by molar-refractivity contribution is -0.116. The van der Waals surface area contributed by atoms with E-state index in [0.717, 1.165) is 15.9 Å². The Morgan fingerprint density at radius 1 is 1.25 bits per heavy atom. The average Bonchev–Trinajstić information content (AvgIpc) is 3.01. The molecule has 3 rings (SSSR count). The van der Waals surface area contributed by atoms with Crippen LogP contribution in [0.2, 0.25) is 0 Å². The van der Waals surface area contributed by atoms with E-state index in [1.807, 2.05) is 0 Å². The largest absolute Gasteiger partial charge is 0.477 e. The zero-order valence-corrected chi connectivity index (χ0v) is 15.7. The van der Waals surface area contributed by atoms with Crippen LogP contribution >= 0.6 is 11.3 Å². The Labute approximate surface area is 162 Å². The Hall–Kier alpha value is -3.53. The van der Waals surface area contributed by atoms with E-state index in [0.29, 0.717) is 21.6 Å². The van der Waals surface area contributed by atoms with Crippen molar-refractivity contribution in [2.24, 2.45) is 0 Å². The van der Waals surface area contributed by atoms with E-state index < -0.39 is 23.4 Å². The highest BCUT2D eigenvalue weighted by molar-refractivity contribution is 7.20. The first-order valence-electron chi connectivity index (χ1n) is 8.02. The van der Waals surface area contributed by atoms with Crippen LogP contribution in [0.1, 0.15) is 25.6 Å². The smallest absolute Gasteiger partial charge is 0.346 e. The number of anilines is 1. The van der Waals surface area contributed by atoms with Crippen molar-refractivity contribution in [3.8, 4) is 0 Å². The molecule has 1 aromatic carbocycles.